The van der Waals surface area contributed by atoms with Crippen LogP contribution in [-0.4, -0.2) is 71.9 Å². The number of fused-ring (bicyclic) bond motifs is 1. The van der Waals surface area contributed by atoms with E-state index in [0.29, 0.717) is 11.3 Å². The van der Waals surface area contributed by atoms with Gasteiger partial charge in [-0.3, -0.25) is 19.6 Å². The maximum Gasteiger partial charge on any atom is 0.408 e. The number of amides is 2. The number of alkyl halides is 5. The molecular formula is C27H26F5N9O4. The van der Waals surface area contributed by atoms with Crippen molar-refractivity contribution in [2.45, 2.75) is 68.1 Å². The van der Waals surface area contributed by atoms with E-state index < -0.39 is 53.8 Å². The lowest BCUT2D eigenvalue weighted by atomic mass is 9.76. The molecule has 0 bridgehead atoms. The van der Waals surface area contributed by atoms with Gasteiger partial charge in [-0.1, -0.05) is 0 Å². The van der Waals surface area contributed by atoms with Crippen molar-refractivity contribution in [1.82, 2.24) is 45.5 Å². The molecular weight excluding hydrogens is 609 g/mol. The van der Waals surface area contributed by atoms with Crippen molar-refractivity contribution in [3.63, 3.8) is 0 Å². The zero-order chi connectivity index (χ0) is 32.0. The predicted molar refractivity (Wildman–Crippen MR) is 141 cm³/mol. The van der Waals surface area contributed by atoms with Crippen molar-refractivity contribution in [2.75, 3.05) is 7.11 Å². The van der Waals surface area contributed by atoms with Crippen LogP contribution in [0.5, 0.6) is 5.88 Å². The monoisotopic (exact) mass is 635 g/mol. The first kappa shape index (κ1) is 30.3. The van der Waals surface area contributed by atoms with Gasteiger partial charge in [-0.25, -0.2) is 22.9 Å². The van der Waals surface area contributed by atoms with Crippen molar-refractivity contribution in [2.24, 2.45) is 5.92 Å². The van der Waals surface area contributed by atoms with Gasteiger partial charge in [0.25, 0.3) is 11.8 Å². The van der Waals surface area contributed by atoms with Crippen LogP contribution in [0.25, 0.3) is 5.65 Å². The summed E-state index contributed by atoms with van der Waals surface area (Å²) >= 11 is 0. The van der Waals surface area contributed by atoms with Crippen LogP contribution in [0.3, 0.4) is 0 Å². The van der Waals surface area contributed by atoms with E-state index in [9.17, 15) is 31.5 Å². The summed E-state index contributed by atoms with van der Waals surface area (Å²) in [4.78, 5) is 39.0. The van der Waals surface area contributed by atoms with Crippen LogP contribution in [0.1, 0.15) is 65.6 Å². The second-order valence-electron chi connectivity index (χ2n) is 11.2. The van der Waals surface area contributed by atoms with Gasteiger partial charge in [-0.15, -0.1) is 0 Å². The zero-order valence-electron chi connectivity index (χ0n) is 23.6. The van der Waals surface area contributed by atoms with Gasteiger partial charge in [-0.05, 0) is 53.5 Å². The molecule has 2 N–H and O–H groups in total. The van der Waals surface area contributed by atoms with E-state index in [1.165, 1.54) is 42.6 Å². The average Bonchev–Trinajstić information content (AvgIpc) is 3.74. The Kier molecular flexibility index (Phi) is 7.60. The van der Waals surface area contributed by atoms with Crippen molar-refractivity contribution >= 4 is 17.5 Å². The predicted octanol–water partition coefficient (Wildman–Crippen LogP) is 3.14. The topological polar surface area (TPSA) is 162 Å². The highest BCUT2D eigenvalue weighted by Crippen LogP contribution is 2.43. The van der Waals surface area contributed by atoms with Crippen LogP contribution in [-0.2, 0) is 16.6 Å². The molecule has 1 saturated heterocycles. The minimum absolute atomic E-state index is 0.0767. The van der Waals surface area contributed by atoms with Gasteiger partial charge in [-0.2, -0.15) is 18.3 Å². The standard InChI is InChI=1S/C27H26F5N9O4/c1-44-23-21(39-45-40-23)22(42)38-20(15-2-4-26(28,29)5-3-15)16-13-41-19(36-16)8-14(11-35-41)9-25(18-12-33-6-7-34-18)10-17(27(30,31)32)37-24(25)43/h6-8,11-13,15,17,20H,2-5,9-10H2,1H3,(H,37,43)(H,38,42)/t17-,20-,25-/m0/s1. The van der Waals surface area contributed by atoms with Gasteiger partial charge in [0.2, 0.25) is 17.5 Å². The lowest BCUT2D eigenvalue weighted by Gasteiger charge is -2.33. The molecule has 5 heterocycles. The highest BCUT2D eigenvalue weighted by molar-refractivity contribution is 5.94. The van der Waals surface area contributed by atoms with Gasteiger partial charge in [0.1, 0.15) is 6.04 Å². The van der Waals surface area contributed by atoms with E-state index in [1.807, 2.05) is 5.32 Å². The Morgan fingerprint density at radius 1 is 1.22 bits per heavy atom. The molecule has 4 aromatic rings. The first-order valence-corrected chi connectivity index (χ1v) is 13.9. The van der Waals surface area contributed by atoms with Crippen molar-refractivity contribution in [1.29, 1.82) is 0 Å². The number of hydrogen-bond donors (Lipinski definition) is 2. The minimum Gasteiger partial charge on any atom is -0.477 e. The van der Waals surface area contributed by atoms with Crippen molar-refractivity contribution < 1.29 is 40.9 Å². The number of nitrogens with zero attached hydrogens (tertiary/aromatic N) is 7. The number of carbonyl (C=O) groups excluding carboxylic acids is 2. The fourth-order valence-corrected chi connectivity index (χ4v) is 6.02. The number of halogens is 5. The number of nitrogens with one attached hydrogen (secondary N) is 2. The molecule has 4 aromatic heterocycles. The number of carbonyl (C=O) groups is 2. The minimum atomic E-state index is -4.67. The Labute approximate surface area is 250 Å². The molecule has 1 saturated carbocycles. The van der Waals surface area contributed by atoms with Gasteiger partial charge in [0.05, 0.1) is 42.3 Å². The van der Waals surface area contributed by atoms with E-state index in [1.54, 1.807) is 6.07 Å². The summed E-state index contributed by atoms with van der Waals surface area (Å²) in [5.41, 5.74) is -0.901. The highest BCUT2D eigenvalue weighted by Gasteiger charge is 2.57. The average molecular weight is 636 g/mol. The highest BCUT2D eigenvalue weighted by atomic mass is 19.4. The molecule has 0 radical (unpaired) electrons. The van der Waals surface area contributed by atoms with Crippen LogP contribution in [0, 0.1) is 5.92 Å². The number of rotatable bonds is 8. The molecule has 6 rings (SSSR count). The summed E-state index contributed by atoms with van der Waals surface area (Å²) in [5.74, 6) is -4.98. The first-order valence-electron chi connectivity index (χ1n) is 13.9. The zero-order valence-corrected chi connectivity index (χ0v) is 23.6. The maximum atomic E-state index is 14.0. The Morgan fingerprint density at radius 3 is 2.67 bits per heavy atom. The Balaban J connectivity index is 1.33. The van der Waals surface area contributed by atoms with Crippen LogP contribution < -0.4 is 15.4 Å². The molecule has 1 aliphatic carbocycles. The summed E-state index contributed by atoms with van der Waals surface area (Å²) in [7, 11) is 1.27. The van der Waals surface area contributed by atoms with Gasteiger partial charge >= 0.3 is 6.18 Å². The first-order chi connectivity index (χ1) is 21.4. The van der Waals surface area contributed by atoms with Crippen LogP contribution >= 0.6 is 0 Å². The summed E-state index contributed by atoms with van der Waals surface area (Å²) in [6, 6.07) is -1.37. The van der Waals surface area contributed by atoms with E-state index in [4.69, 9.17) is 4.74 Å². The third kappa shape index (κ3) is 5.87. The van der Waals surface area contributed by atoms with Gasteiger partial charge in [0.15, 0.2) is 5.65 Å². The Bertz CT molecular complexity index is 1700. The molecule has 18 heteroatoms. The molecule has 0 unspecified atom stereocenters. The third-order valence-electron chi connectivity index (χ3n) is 8.35. The van der Waals surface area contributed by atoms with E-state index >= 15 is 0 Å². The molecule has 13 nitrogen and oxygen atoms in total. The number of methoxy groups -OCH3 is 1. The lowest BCUT2D eigenvalue weighted by Crippen LogP contribution is -2.40. The van der Waals surface area contributed by atoms with Gasteiger partial charge in [0, 0.05) is 31.4 Å². The van der Waals surface area contributed by atoms with Crippen LogP contribution in [0.2, 0.25) is 0 Å². The number of aromatic nitrogens is 7. The summed E-state index contributed by atoms with van der Waals surface area (Å²) in [6.45, 7) is 0. The Hall–Kier alpha value is -4.77. The van der Waals surface area contributed by atoms with E-state index in [2.05, 4.69) is 40.3 Å². The second-order valence-corrected chi connectivity index (χ2v) is 11.2. The van der Waals surface area contributed by atoms with Gasteiger partial charge < -0.3 is 15.4 Å². The molecule has 3 atom stereocenters. The summed E-state index contributed by atoms with van der Waals surface area (Å²) in [5, 5.41) is 16.3. The molecule has 0 spiro atoms. The molecule has 45 heavy (non-hydrogen) atoms. The molecule has 2 amide bonds. The molecule has 0 aromatic carbocycles. The SMILES string of the molecule is COc1nonc1C(=O)N[C@H](c1cn2ncc(C[C@@]3(c4cnccn4)C[C@@H](C(F)(F)F)NC3=O)cc2n1)C1CCC(F)(F)CC1. The molecule has 2 aliphatic rings. The van der Waals surface area contributed by atoms with E-state index in [0.717, 1.165) is 0 Å². The van der Waals surface area contributed by atoms with E-state index in [-0.39, 0.29) is 55.0 Å². The quantitative estimate of drug-likeness (QED) is 0.275. The largest absolute Gasteiger partial charge is 0.477 e. The fraction of sp³-hybridized carbons (Fsp3) is 0.481. The van der Waals surface area contributed by atoms with Crippen LogP contribution in [0.15, 0.2) is 41.7 Å². The number of ether oxygens (including phenoxy) is 1. The van der Waals surface area contributed by atoms with Crippen molar-refractivity contribution in [3.8, 4) is 5.88 Å². The summed E-state index contributed by atoms with van der Waals surface area (Å²) in [6.07, 6.45) is 0.806. The Morgan fingerprint density at radius 2 is 2.00 bits per heavy atom. The molecule has 2 fully saturated rings. The number of hydrogen-bond acceptors (Lipinski definition) is 10. The normalized spacial score (nSPS) is 22.7. The second kappa shape index (κ2) is 11.3. The summed E-state index contributed by atoms with van der Waals surface area (Å²) < 4.78 is 80.0. The molecule has 1 aliphatic heterocycles. The number of imidazole rings is 1. The van der Waals surface area contributed by atoms with Crippen molar-refractivity contribution in [3.05, 3.63) is 59.7 Å². The smallest absolute Gasteiger partial charge is 0.408 e. The fourth-order valence-electron chi connectivity index (χ4n) is 6.02. The van der Waals surface area contributed by atoms with Crippen LogP contribution in [0.4, 0.5) is 22.0 Å². The third-order valence-corrected chi connectivity index (χ3v) is 8.35. The molecule has 238 valence electrons. The lowest BCUT2D eigenvalue weighted by molar-refractivity contribution is -0.155. The maximum absolute atomic E-state index is 14.0.